The van der Waals surface area contributed by atoms with Gasteiger partial charge in [-0.25, -0.2) is 9.37 Å². The minimum absolute atomic E-state index is 0.0506. The quantitative estimate of drug-likeness (QED) is 0.782. The van der Waals surface area contributed by atoms with Crippen LogP contribution in [0.3, 0.4) is 0 Å². The molecular weight excluding hydrogens is 269 g/mol. The number of anilines is 2. The summed E-state index contributed by atoms with van der Waals surface area (Å²) in [4.78, 5) is 4.20. The lowest BCUT2D eigenvalue weighted by Gasteiger charge is -2.07. The number of fused-ring (bicyclic) bond motifs is 1. The highest BCUT2D eigenvalue weighted by Crippen LogP contribution is 2.23. The van der Waals surface area contributed by atoms with Crippen LogP contribution in [0.15, 0.2) is 30.6 Å². The number of aryl methyl sites for hydroxylation is 1. The molecule has 0 unspecified atom stereocenters. The molecule has 0 aliphatic carbocycles. The molecule has 0 fully saturated rings. The normalized spacial score (nSPS) is 10.9. The average molecular weight is 278 g/mol. The third-order valence-electron chi connectivity index (χ3n) is 2.68. The van der Waals surface area contributed by atoms with E-state index in [1.54, 1.807) is 22.9 Å². The van der Waals surface area contributed by atoms with E-state index in [4.69, 9.17) is 11.6 Å². The van der Waals surface area contributed by atoms with Gasteiger partial charge >= 0.3 is 0 Å². The van der Waals surface area contributed by atoms with Crippen LogP contribution >= 0.6 is 11.6 Å². The molecule has 0 saturated heterocycles. The van der Waals surface area contributed by atoms with Gasteiger partial charge in [-0.3, -0.25) is 4.40 Å². The Hall–Kier alpha value is -2.21. The van der Waals surface area contributed by atoms with Crippen molar-refractivity contribution in [3.8, 4) is 0 Å². The second-order valence-electron chi connectivity index (χ2n) is 3.97. The van der Waals surface area contributed by atoms with Gasteiger partial charge < -0.3 is 5.32 Å². The summed E-state index contributed by atoms with van der Waals surface area (Å²) in [6.45, 7) is 1.85. The number of nitrogens with zero attached hydrogens (tertiary/aromatic N) is 4. The van der Waals surface area contributed by atoms with Gasteiger partial charge in [-0.2, -0.15) is 0 Å². The maximum Gasteiger partial charge on any atom is 0.204 e. The molecule has 2 aromatic heterocycles. The van der Waals surface area contributed by atoms with E-state index in [-0.39, 0.29) is 5.02 Å². The predicted molar refractivity (Wildman–Crippen MR) is 70.2 cm³/mol. The highest BCUT2D eigenvalue weighted by Gasteiger charge is 2.08. The molecule has 96 valence electrons. The van der Waals surface area contributed by atoms with Crippen molar-refractivity contribution < 1.29 is 4.39 Å². The Morgan fingerprint density at radius 2 is 2.16 bits per heavy atom. The summed E-state index contributed by atoms with van der Waals surface area (Å²) in [6.07, 6.45) is 3.41. The number of hydrogen-bond donors (Lipinski definition) is 1. The summed E-state index contributed by atoms with van der Waals surface area (Å²) in [5.74, 6) is 0.833. The molecule has 3 aromatic rings. The summed E-state index contributed by atoms with van der Waals surface area (Å²) in [7, 11) is 0. The second-order valence-corrected chi connectivity index (χ2v) is 4.38. The van der Waals surface area contributed by atoms with E-state index in [0.29, 0.717) is 17.2 Å². The minimum atomic E-state index is -0.461. The van der Waals surface area contributed by atoms with Crippen LogP contribution in [-0.2, 0) is 0 Å². The fraction of sp³-hybridized carbons (Fsp3) is 0.0833. The van der Waals surface area contributed by atoms with Gasteiger partial charge in [0.15, 0.2) is 5.82 Å². The molecule has 1 aromatic carbocycles. The lowest BCUT2D eigenvalue weighted by Crippen LogP contribution is -1.98. The third-order valence-corrected chi connectivity index (χ3v) is 2.97. The van der Waals surface area contributed by atoms with Crippen LogP contribution < -0.4 is 5.32 Å². The first-order chi connectivity index (χ1) is 9.15. The van der Waals surface area contributed by atoms with Gasteiger partial charge in [-0.05, 0) is 25.1 Å². The minimum Gasteiger partial charge on any atom is -0.337 e. The fourth-order valence-corrected chi connectivity index (χ4v) is 1.92. The number of halogens is 2. The van der Waals surface area contributed by atoms with Crippen molar-refractivity contribution in [1.29, 1.82) is 0 Å². The van der Waals surface area contributed by atoms with Crippen molar-refractivity contribution in [2.24, 2.45) is 0 Å². The van der Waals surface area contributed by atoms with Crippen LogP contribution in [0.25, 0.3) is 5.65 Å². The first kappa shape index (κ1) is 11.9. The van der Waals surface area contributed by atoms with E-state index < -0.39 is 5.82 Å². The van der Waals surface area contributed by atoms with E-state index >= 15 is 0 Å². The summed E-state index contributed by atoms with van der Waals surface area (Å²) < 4.78 is 14.9. The van der Waals surface area contributed by atoms with Gasteiger partial charge in [0, 0.05) is 18.1 Å². The van der Waals surface area contributed by atoms with Crippen molar-refractivity contribution in [2.45, 2.75) is 6.92 Å². The third kappa shape index (κ3) is 2.10. The van der Waals surface area contributed by atoms with E-state index in [1.165, 1.54) is 12.1 Å². The van der Waals surface area contributed by atoms with Crippen molar-refractivity contribution >= 4 is 28.8 Å². The SMILES string of the molecule is Cc1nnc2c(Nc3ccc(F)c(Cl)c3)nccn12. The number of benzene rings is 1. The number of aromatic nitrogens is 4. The Kier molecular flexibility index (Phi) is 2.79. The number of hydrogen-bond acceptors (Lipinski definition) is 4. The maximum absolute atomic E-state index is 13.1. The van der Waals surface area contributed by atoms with E-state index in [2.05, 4.69) is 20.5 Å². The molecule has 0 spiro atoms. The molecule has 0 bridgehead atoms. The van der Waals surface area contributed by atoms with Gasteiger partial charge in [-0.15, -0.1) is 10.2 Å². The molecule has 1 N–H and O–H groups in total. The van der Waals surface area contributed by atoms with Crippen molar-refractivity contribution in [3.63, 3.8) is 0 Å². The van der Waals surface area contributed by atoms with Crippen LogP contribution in [0, 0.1) is 12.7 Å². The highest BCUT2D eigenvalue weighted by atomic mass is 35.5. The molecule has 0 radical (unpaired) electrons. The van der Waals surface area contributed by atoms with E-state index in [0.717, 1.165) is 5.82 Å². The standard InChI is InChI=1S/C12H9ClFN5/c1-7-17-18-12-11(15-4-5-19(7)12)16-8-2-3-10(14)9(13)6-8/h2-6H,1H3,(H,15,16). The Labute approximate surface area is 113 Å². The first-order valence-electron chi connectivity index (χ1n) is 5.53. The van der Waals surface area contributed by atoms with Crippen LogP contribution in [0.1, 0.15) is 5.82 Å². The van der Waals surface area contributed by atoms with E-state index in [9.17, 15) is 4.39 Å². The molecule has 19 heavy (non-hydrogen) atoms. The van der Waals surface area contributed by atoms with Gasteiger partial charge in [0.2, 0.25) is 5.65 Å². The summed E-state index contributed by atoms with van der Waals surface area (Å²) in [5, 5.41) is 11.1. The Morgan fingerprint density at radius 3 is 2.95 bits per heavy atom. The average Bonchev–Trinajstić information content (AvgIpc) is 2.77. The van der Waals surface area contributed by atoms with Gasteiger partial charge in [0.05, 0.1) is 5.02 Å². The summed E-state index contributed by atoms with van der Waals surface area (Å²) in [6, 6.07) is 4.36. The van der Waals surface area contributed by atoms with Crippen LogP contribution in [-0.4, -0.2) is 19.6 Å². The lowest BCUT2D eigenvalue weighted by molar-refractivity contribution is 0.628. The van der Waals surface area contributed by atoms with Gasteiger partial charge in [-0.1, -0.05) is 11.6 Å². The largest absolute Gasteiger partial charge is 0.337 e. The second kappa shape index (κ2) is 4.47. The topological polar surface area (TPSA) is 55.1 Å². The first-order valence-corrected chi connectivity index (χ1v) is 5.91. The monoisotopic (exact) mass is 277 g/mol. The lowest BCUT2D eigenvalue weighted by atomic mass is 10.3. The molecule has 0 atom stereocenters. The molecule has 0 amide bonds. The zero-order valence-corrected chi connectivity index (χ0v) is 10.7. The zero-order valence-electron chi connectivity index (χ0n) is 9.93. The highest BCUT2D eigenvalue weighted by molar-refractivity contribution is 6.31. The van der Waals surface area contributed by atoms with Crippen LogP contribution in [0.4, 0.5) is 15.9 Å². The van der Waals surface area contributed by atoms with Gasteiger partial charge in [0.25, 0.3) is 0 Å². The molecule has 0 saturated carbocycles. The number of nitrogens with one attached hydrogen (secondary N) is 1. The molecule has 7 heteroatoms. The molecule has 3 rings (SSSR count). The molecule has 2 heterocycles. The predicted octanol–water partition coefficient (Wildman–Crippen LogP) is 2.97. The molecule has 5 nitrogen and oxygen atoms in total. The Bertz CT molecular complexity index is 755. The fourth-order valence-electron chi connectivity index (χ4n) is 1.74. The van der Waals surface area contributed by atoms with Gasteiger partial charge in [0.1, 0.15) is 11.6 Å². The Morgan fingerprint density at radius 1 is 1.32 bits per heavy atom. The maximum atomic E-state index is 13.1. The summed E-state index contributed by atoms with van der Waals surface area (Å²) >= 11 is 5.73. The van der Waals surface area contributed by atoms with Crippen molar-refractivity contribution in [3.05, 3.63) is 47.3 Å². The number of rotatable bonds is 2. The Balaban J connectivity index is 2.03. The van der Waals surface area contributed by atoms with Crippen LogP contribution in [0.2, 0.25) is 5.02 Å². The molecule has 0 aliphatic heterocycles. The zero-order chi connectivity index (χ0) is 13.4. The van der Waals surface area contributed by atoms with Crippen molar-refractivity contribution in [2.75, 3.05) is 5.32 Å². The van der Waals surface area contributed by atoms with Crippen LogP contribution in [0.5, 0.6) is 0 Å². The molecular formula is C12H9ClFN5. The molecule has 0 aliphatic rings. The summed E-state index contributed by atoms with van der Waals surface area (Å²) in [5.41, 5.74) is 1.23. The van der Waals surface area contributed by atoms with E-state index in [1.807, 2.05) is 6.92 Å². The van der Waals surface area contributed by atoms with Crippen molar-refractivity contribution in [1.82, 2.24) is 19.6 Å². The smallest absolute Gasteiger partial charge is 0.204 e.